The molecule has 1 heterocycles. The zero-order valence-electron chi connectivity index (χ0n) is 20.4. The van der Waals surface area contributed by atoms with Gasteiger partial charge in [-0.05, 0) is 23.3 Å². The predicted molar refractivity (Wildman–Crippen MR) is 140 cm³/mol. The molecule has 2 amide bonds. The van der Waals surface area contributed by atoms with E-state index in [0.717, 1.165) is 5.56 Å². The summed E-state index contributed by atoms with van der Waals surface area (Å²) >= 11 is 12.1. The molecule has 0 aliphatic rings. The first-order chi connectivity index (χ1) is 18.3. The third-order valence-corrected chi connectivity index (χ3v) is 5.86. The second-order valence-corrected chi connectivity index (χ2v) is 8.79. The maximum absolute atomic E-state index is 13.8. The fourth-order valence-corrected chi connectivity index (χ4v) is 3.71. The van der Waals surface area contributed by atoms with Crippen molar-refractivity contribution in [1.29, 1.82) is 0 Å². The van der Waals surface area contributed by atoms with Gasteiger partial charge in [0.05, 0.1) is 10.0 Å². The molecule has 0 aliphatic heterocycles. The number of amides is 2. The molecule has 0 fully saturated rings. The maximum atomic E-state index is 13.8. The minimum Gasteiger partial charge on any atom is -0.481 e. The Balaban J connectivity index is 1.97. The first-order valence-corrected chi connectivity index (χ1v) is 12.1. The summed E-state index contributed by atoms with van der Waals surface area (Å²) in [5.41, 5.74) is 0.817. The lowest BCUT2D eigenvalue weighted by Gasteiger charge is -2.23. The van der Waals surface area contributed by atoms with Crippen LogP contribution < -0.4 is 15.5 Å². The highest BCUT2D eigenvalue weighted by Gasteiger charge is 2.26. The maximum Gasteiger partial charge on any atom is 0.404 e. The predicted octanol–water partition coefficient (Wildman–Crippen LogP) is 4.56. The van der Waals surface area contributed by atoms with E-state index in [4.69, 9.17) is 46.9 Å². The minimum absolute atomic E-state index is 0.0127. The van der Waals surface area contributed by atoms with Gasteiger partial charge in [0, 0.05) is 32.8 Å². The standard InChI is InChI=1S/C26H26Cl2N2O8/c1-35-16-36-15-19-12-22(31)23(37-14-17-5-3-2-4-6-17)24(38-19)25(32)30(10-9-29-26(33)34)13-18-7-8-20(27)21(28)11-18/h2-8,11-12,29H,9-10,13-16H2,1H3,(H,33,34). The molecule has 0 atom stereocenters. The number of hydrogen-bond acceptors (Lipinski definition) is 7. The molecule has 38 heavy (non-hydrogen) atoms. The number of hydrogen-bond donors (Lipinski definition) is 2. The van der Waals surface area contributed by atoms with Gasteiger partial charge >= 0.3 is 6.09 Å². The number of carbonyl (C=O) groups is 2. The second-order valence-electron chi connectivity index (χ2n) is 7.97. The molecule has 0 radical (unpaired) electrons. The molecule has 1 aromatic heterocycles. The summed E-state index contributed by atoms with van der Waals surface area (Å²) in [4.78, 5) is 39.1. The topological polar surface area (TPSA) is 128 Å². The van der Waals surface area contributed by atoms with E-state index in [1.165, 1.54) is 18.1 Å². The van der Waals surface area contributed by atoms with Crippen molar-refractivity contribution in [3.8, 4) is 5.75 Å². The Bertz CT molecular complexity index is 1300. The summed E-state index contributed by atoms with van der Waals surface area (Å²) in [5, 5.41) is 11.8. The van der Waals surface area contributed by atoms with Crippen LogP contribution >= 0.6 is 23.2 Å². The van der Waals surface area contributed by atoms with E-state index in [-0.39, 0.29) is 61.9 Å². The molecule has 3 aromatic rings. The average molecular weight is 565 g/mol. The van der Waals surface area contributed by atoms with Gasteiger partial charge in [0.15, 0.2) is 0 Å². The lowest BCUT2D eigenvalue weighted by molar-refractivity contribution is -0.0447. The quantitative estimate of drug-likeness (QED) is 0.228. The van der Waals surface area contributed by atoms with E-state index >= 15 is 0 Å². The molecule has 0 unspecified atom stereocenters. The number of halogens is 2. The van der Waals surface area contributed by atoms with E-state index in [1.807, 2.05) is 30.3 Å². The monoisotopic (exact) mass is 564 g/mol. The second kappa shape index (κ2) is 14.4. The molecular formula is C26H26Cl2N2O8. The summed E-state index contributed by atoms with van der Waals surface area (Å²) < 4.78 is 21.7. The molecule has 0 saturated heterocycles. The molecule has 10 nitrogen and oxygen atoms in total. The molecule has 0 spiro atoms. The van der Waals surface area contributed by atoms with Crippen LogP contribution in [0.1, 0.15) is 27.4 Å². The lowest BCUT2D eigenvalue weighted by Crippen LogP contribution is -2.38. The third kappa shape index (κ3) is 8.49. The van der Waals surface area contributed by atoms with Crippen LogP contribution in [0.2, 0.25) is 10.0 Å². The molecule has 202 valence electrons. The molecule has 2 N–H and O–H groups in total. The molecular weight excluding hydrogens is 539 g/mol. The highest BCUT2D eigenvalue weighted by Crippen LogP contribution is 2.25. The van der Waals surface area contributed by atoms with Crippen LogP contribution in [0, 0.1) is 0 Å². The number of benzene rings is 2. The van der Waals surface area contributed by atoms with Gasteiger partial charge < -0.3 is 34.0 Å². The van der Waals surface area contributed by atoms with Crippen molar-refractivity contribution >= 4 is 35.2 Å². The van der Waals surface area contributed by atoms with E-state index in [0.29, 0.717) is 10.6 Å². The summed E-state index contributed by atoms with van der Waals surface area (Å²) in [7, 11) is 1.44. The largest absolute Gasteiger partial charge is 0.481 e. The van der Waals surface area contributed by atoms with Crippen LogP contribution in [-0.4, -0.2) is 49.0 Å². The number of rotatable bonds is 13. The van der Waals surface area contributed by atoms with E-state index in [2.05, 4.69) is 5.32 Å². The summed E-state index contributed by atoms with van der Waals surface area (Å²) in [5.74, 6) is -1.24. The zero-order valence-corrected chi connectivity index (χ0v) is 22.0. The van der Waals surface area contributed by atoms with Crippen molar-refractivity contribution in [3.63, 3.8) is 0 Å². The van der Waals surface area contributed by atoms with Gasteiger partial charge in [0.1, 0.15) is 25.8 Å². The van der Waals surface area contributed by atoms with E-state index in [9.17, 15) is 14.4 Å². The smallest absolute Gasteiger partial charge is 0.404 e. The van der Waals surface area contributed by atoms with Gasteiger partial charge in [0.25, 0.3) is 5.91 Å². The fourth-order valence-electron chi connectivity index (χ4n) is 3.39. The van der Waals surface area contributed by atoms with E-state index < -0.39 is 17.4 Å². The van der Waals surface area contributed by atoms with Gasteiger partial charge in [0.2, 0.25) is 16.9 Å². The third-order valence-electron chi connectivity index (χ3n) is 5.12. The zero-order chi connectivity index (χ0) is 27.5. The Morgan fingerprint density at radius 1 is 1.03 bits per heavy atom. The number of nitrogens with zero attached hydrogens (tertiary/aromatic N) is 1. The summed E-state index contributed by atoms with van der Waals surface area (Å²) in [6, 6.07) is 15.1. The number of carboxylic acid groups (broad SMARTS) is 1. The fraction of sp³-hybridized carbons (Fsp3) is 0.269. The number of carbonyl (C=O) groups excluding carboxylic acids is 1. The molecule has 0 aliphatic carbocycles. The molecule has 12 heteroatoms. The first kappa shape index (κ1) is 29.0. The molecule has 2 aromatic carbocycles. The van der Waals surface area contributed by atoms with Crippen LogP contribution in [0.3, 0.4) is 0 Å². The van der Waals surface area contributed by atoms with Crippen molar-refractivity contribution in [2.75, 3.05) is 27.0 Å². The Morgan fingerprint density at radius 3 is 2.47 bits per heavy atom. The number of methoxy groups -OCH3 is 1. The van der Waals surface area contributed by atoms with Crippen molar-refractivity contribution in [3.05, 3.63) is 97.5 Å². The Kier molecular flexibility index (Phi) is 11.0. The summed E-state index contributed by atoms with van der Waals surface area (Å²) in [6.07, 6.45) is -1.25. The van der Waals surface area contributed by atoms with Crippen molar-refractivity contribution < 1.29 is 33.3 Å². The van der Waals surface area contributed by atoms with Gasteiger partial charge in [-0.25, -0.2) is 4.79 Å². The Labute approximate surface area is 228 Å². The van der Waals surface area contributed by atoms with Gasteiger partial charge in [-0.15, -0.1) is 0 Å². The van der Waals surface area contributed by atoms with Gasteiger partial charge in [-0.1, -0.05) is 59.6 Å². The average Bonchev–Trinajstić information content (AvgIpc) is 2.89. The Morgan fingerprint density at radius 2 is 1.79 bits per heavy atom. The van der Waals surface area contributed by atoms with Gasteiger partial charge in [-0.3, -0.25) is 9.59 Å². The summed E-state index contributed by atoms with van der Waals surface area (Å²) in [6.45, 7) is -0.275. The van der Waals surface area contributed by atoms with E-state index in [1.54, 1.807) is 18.2 Å². The van der Waals surface area contributed by atoms with Crippen molar-refractivity contribution in [2.24, 2.45) is 0 Å². The lowest BCUT2D eigenvalue weighted by atomic mass is 10.2. The van der Waals surface area contributed by atoms with Crippen LogP contribution in [0.15, 0.2) is 63.8 Å². The molecule has 3 rings (SSSR count). The molecule has 0 bridgehead atoms. The highest BCUT2D eigenvalue weighted by atomic mass is 35.5. The SMILES string of the molecule is COCOCc1cc(=O)c(OCc2ccccc2)c(C(=O)N(CCNC(=O)O)Cc2ccc(Cl)c(Cl)c2)o1. The van der Waals surface area contributed by atoms with Crippen LogP contribution in [0.25, 0.3) is 0 Å². The van der Waals surface area contributed by atoms with Crippen LogP contribution in [-0.2, 0) is 29.2 Å². The van der Waals surface area contributed by atoms with Crippen LogP contribution in [0.4, 0.5) is 4.79 Å². The van der Waals surface area contributed by atoms with Crippen molar-refractivity contribution in [1.82, 2.24) is 10.2 Å². The molecule has 0 saturated carbocycles. The van der Waals surface area contributed by atoms with Crippen molar-refractivity contribution in [2.45, 2.75) is 19.8 Å². The van der Waals surface area contributed by atoms with Crippen LogP contribution in [0.5, 0.6) is 5.75 Å². The highest BCUT2D eigenvalue weighted by molar-refractivity contribution is 6.42. The first-order valence-electron chi connectivity index (χ1n) is 11.4. The Hall–Kier alpha value is -3.57. The van der Waals surface area contributed by atoms with Gasteiger partial charge in [-0.2, -0.15) is 0 Å². The normalized spacial score (nSPS) is 10.7. The number of nitrogens with one attached hydrogen (secondary N) is 1. The minimum atomic E-state index is -1.25. The number of ether oxygens (including phenoxy) is 3.